The fraction of sp³-hybridized carbons (Fsp3) is 0.667. The molecule has 0 aliphatic carbocycles. The zero-order valence-electron chi connectivity index (χ0n) is 13.6. The predicted octanol–water partition coefficient (Wildman–Crippen LogP) is 2.51. The maximum atomic E-state index is 6.20. The van der Waals surface area contributed by atoms with Gasteiger partial charge in [0.15, 0.2) is 11.5 Å². The molecule has 4 nitrogen and oxygen atoms in total. The lowest BCUT2D eigenvalue weighted by Crippen LogP contribution is -2.37. The third-order valence-electron chi connectivity index (χ3n) is 4.67. The standard InChI is InChI=1S/C18H28N2O2/c1-21-17-8-7-14(11-15-5-2-3-10-20-15)12-18(17)22-16-6-4-9-19-13-16/h7-8,12,15-16,19-20H,2-6,9-11,13H2,1H3. The van der Waals surface area contributed by atoms with E-state index in [1.807, 2.05) is 6.07 Å². The first-order valence-corrected chi connectivity index (χ1v) is 8.63. The fourth-order valence-corrected chi connectivity index (χ4v) is 3.42. The van der Waals surface area contributed by atoms with Gasteiger partial charge in [0.25, 0.3) is 0 Å². The summed E-state index contributed by atoms with van der Waals surface area (Å²) in [6, 6.07) is 6.99. The van der Waals surface area contributed by atoms with Crippen molar-refractivity contribution in [3.05, 3.63) is 23.8 Å². The number of piperidine rings is 2. The van der Waals surface area contributed by atoms with E-state index in [2.05, 4.69) is 22.8 Å². The molecule has 0 aromatic heterocycles. The van der Waals surface area contributed by atoms with E-state index in [1.165, 1.54) is 31.2 Å². The van der Waals surface area contributed by atoms with Crippen molar-refractivity contribution in [2.24, 2.45) is 0 Å². The molecule has 1 aromatic carbocycles. The Morgan fingerprint density at radius 3 is 2.77 bits per heavy atom. The average Bonchev–Trinajstić information content (AvgIpc) is 2.57. The number of ether oxygens (including phenoxy) is 2. The van der Waals surface area contributed by atoms with Crippen molar-refractivity contribution in [3.63, 3.8) is 0 Å². The van der Waals surface area contributed by atoms with Crippen LogP contribution in [0.1, 0.15) is 37.7 Å². The summed E-state index contributed by atoms with van der Waals surface area (Å²) in [7, 11) is 1.71. The summed E-state index contributed by atoms with van der Waals surface area (Å²) in [5.74, 6) is 1.73. The Hall–Kier alpha value is -1.26. The van der Waals surface area contributed by atoms with Gasteiger partial charge in [0.1, 0.15) is 6.10 Å². The third kappa shape index (κ3) is 4.14. The number of methoxy groups -OCH3 is 1. The van der Waals surface area contributed by atoms with E-state index in [-0.39, 0.29) is 6.10 Å². The van der Waals surface area contributed by atoms with E-state index < -0.39 is 0 Å². The van der Waals surface area contributed by atoms with Crippen LogP contribution in [0.15, 0.2) is 18.2 Å². The van der Waals surface area contributed by atoms with E-state index in [1.54, 1.807) is 7.11 Å². The van der Waals surface area contributed by atoms with Crippen LogP contribution in [-0.2, 0) is 6.42 Å². The summed E-state index contributed by atoms with van der Waals surface area (Å²) >= 11 is 0. The van der Waals surface area contributed by atoms with Crippen LogP contribution in [0, 0.1) is 0 Å². The molecule has 0 saturated carbocycles. The normalized spacial score (nSPS) is 25.7. The summed E-state index contributed by atoms with van der Waals surface area (Å²) in [5.41, 5.74) is 1.33. The van der Waals surface area contributed by atoms with Crippen molar-refractivity contribution in [2.45, 2.75) is 50.7 Å². The molecule has 0 bridgehead atoms. The molecule has 2 N–H and O–H groups in total. The molecule has 22 heavy (non-hydrogen) atoms. The van der Waals surface area contributed by atoms with Crippen LogP contribution in [0.2, 0.25) is 0 Å². The lowest BCUT2D eigenvalue weighted by Gasteiger charge is -2.26. The first kappa shape index (κ1) is 15.6. The van der Waals surface area contributed by atoms with E-state index in [0.29, 0.717) is 6.04 Å². The predicted molar refractivity (Wildman–Crippen MR) is 88.9 cm³/mol. The van der Waals surface area contributed by atoms with Gasteiger partial charge in [-0.2, -0.15) is 0 Å². The summed E-state index contributed by atoms with van der Waals surface area (Å²) in [6.45, 7) is 3.18. The third-order valence-corrected chi connectivity index (χ3v) is 4.67. The van der Waals surface area contributed by atoms with Gasteiger partial charge in [-0.3, -0.25) is 0 Å². The fourth-order valence-electron chi connectivity index (χ4n) is 3.42. The second-order valence-corrected chi connectivity index (χ2v) is 6.42. The Kier molecular flexibility index (Phi) is 5.57. The topological polar surface area (TPSA) is 42.5 Å². The average molecular weight is 304 g/mol. The van der Waals surface area contributed by atoms with Crippen molar-refractivity contribution in [2.75, 3.05) is 26.7 Å². The van der Waals surface area contributed by atoms with Crippen molar-refractivity contribution in [1.82, 2.24) is 10.6 Å². The molecular formula is C18H28N2O2. The molecule has 122 valence electrons. The Morgan fingerprint density at radius 1 is 1.09 bits per heavy atom. The van der Waals surface area contributed by atoms with Crippen LogP contribution in [0.25, 0.3) is 0 Å². The minimum Gasteiger partial charge on any atom is -0.493 e. The number of hydrogen-bond donors (Lipinski definition) is 2. The van der Waals surface area contributed by atoms with E-state index >= 15 is 0 Å². The van der Waals surface area contributed by atoms with Crippen LogP contribution in [-0.4, -0.2) is 38.9 Å². The molecule has 2 saturated heterocycles. The van der Waals surface area contributed by atoms with Gasteiger partial charge in [0.2, 0.25) is 0 Å². The lowest BCUT2D eigenvalue weighted by atomic mass is 9.97. The van der Waals surface area contributed by atoms with Gasteiger partial charge in [0.05, 0.1) is 7.11 Å². The number of rotatable bonds is 5. The molecule has 0 amide bonds. The minimum absolute atomic E-state index is 0.255. The molecule has 1 aromatic rings. The molecule has 2 unspecified atom stereocenters. The highest BCUT2D eigenvalue weighted by atomic mass is 16.5. The number of benzene rings is 1. The number of nitrogens with one attached hydrogen (secondary N) is 2. The monoisotopic (exact) mass is 304 g/mol. The van der Waals surface area contributed by atoms with Gasteiger partial charge in [-0.25, -0.2) is 0 Å². The van der Waals surface area contributed by atoms with Gasteiger partial charge in [-0.15, -0.1) is 0 Å². The zero-order valence-corrected chi connectivity index (χ0v) is 13.6. The van der Waals surface area contributed by atoms with Crippen LogP contribution >= 0.6 is 0 Å². The Labute approximate surface area is 133 Å². The van der Waals surface area contributed by atoms with Crippen LogP contribution in [0.3, 0.4) is 0 Å². The maximum Gasteiger partial charge on any atom is 0.161 e. The Morgan fingerprint density at radius 2 is 2.05 bits per heavy atom. The summed E-state index contributed by atoms with van der Waals surface area (Å²) in [5, 5.41) is 7.01. The van der Waals surface area contributed by atoms with Crippen molar-refractivity contribution < 1.29 is 9.47 Å². The summed E-state index contributed by atoms with van der Waals surface area (Å²) in [4.78, 5) is 0. The molecule has 2 aliphatic heterocycles. The molecular weight excluding hydrogens is 276 g/mol. The van der Waals surface area contributed by atoms with Crippen molar-refractivity contribution >= 4 is 0 Å². The largest absolute Gasteiger partial charge is 0.493 e. The summed E-state index contributed by atoms with van der Waals surface area (Å²) in [6.07, 6.45) is 7.54. The molecule has 2 aliphatic rings. The van der Waals surface area contributed by atoms with Gasteiger partial charge >= 0.3 is 0 Å². The Balaban J connectivity index is 1.67. The highest BCUT2D eigenvalue weighted by molar-refractivity contribution is 5.43. The quantitative estimate of drug-likeness (QED) is 0.877. The first-order valence-electron chi connectivity index (χ1n) is 8.63. The van der Waals surface area contributed by atoms with Crippen LogP contribution in [0.5, 0.6) is 11.5 Å². The minimum atomic E-state index is 0.255. The molecule has 0 radical (unpaired) electrons. The van der Waals surface area contributed by atoms with Gasteiger partial charge < -0.3 is 20.1 Å². The molecule has 2 heterocycles. The first-order chi connectivity index (χ1) is 10.8. The molecule has 2 fully saturated rings. The van der Waals surface area contributed by atoms with Crippen LogP contribution < -0.4 is 20.1 Å². The molecule has 2 atom stereocenters. The van der Waals surface area contributed by atoms with Gasteiger partial charge in [0, 0.05) is 12.6 Å². The highest BCUT2D eigenvalue weighted by Gasteiger charge is 2.18. The maximum absolute atomic E-state index is 6.20. The van der Waals surface area contributed by atoms with Gasteiger partial charge in [-0.05, 0) is 62.9 Å². The van der Waals surface area contributed by atoms with Crippen LogP contribution in [0.4, 0.5) is 0 Å². The number of hydrogen-bond acceptors (Lipinski definition) is 4. The second-order valence-electron chi connectivity index (χ2n) is 6.42. The highest BCUT2D eigenvalue weighted by Crippen LogP contribution is 2.30. The zero-order chi connectivity index (χ0) is 15.2. The van der Waals surface area contributed by atoms with E-state index in [9.17, 15) is 0 Å². The molecule has 3 rings (SSSR count). The van der Waals surface area contributed by atoms with Gasteiger partial charge in [-0.1, -0.05) is 12.5 Å². The molecule has 4 heteroatoms. The lowest BCUT2D eigenvalue weighted by molar-refractivity contribution is 0.161. The summed E-state index contributed by atoms with van der Waals surface area (Å²) < 4.78 is 11.7. The van der Waals surface area contributed by atoms with E-state index in [0.717, 1.165) is 44.0 Å². The van der Waals surface area contributed by atoms with Crippen molar-refractivity contribution in [1.29, 1.82) is 0 Å². The smallest absolute Gasteiger partial charge is 0.161 e. The molecule has 0 spiro atoms. The Bertz CT molecular complexity index is 466. The van der Waals surface area contributed by atoms with Crippen molar-refractivity contribution in [3.8, 4) is 11.5 Å². The van der Waals surface area contributed by atoms with E-state index in [4.69, 9.17) is 9.47 Å². The second kappa shape index (κ2) is 7.84. The SMILES string of the molecule is COc1ccc(CC2CCCCN2)cc1OC1CCCNC1.